The summed E-state index contributed by atoms with van der Waals surface area (Å²) in [7, 11) is 0. The summed E-state index contributed by atoms with van der Waals surface area (Å²) in [5, 5.41) is 2.66. The van der Waals surface area contributed by atoms with Crippen molar-refractivity contribution in [2.24, 2.45) is 0 Å². The molecule has 0 fully saturated rings. The quantitative estimate of drug-likeness (QED) is 0.874. The van der Waals surface area contributed by atoms with Crippen LogP contribution in [0.1, 0.15) is 36.7 Å². The molecule has 1 N–H and O–H groups in total. The molecule has 0 heterocycles. The van der Waals surface area contributed by atoms with Crippen LogP contribution < -0.4 is 5.32 Å². The smallest absolute Gasteiger partial charge is 0.338 e. The maximum atomic E-state index is 12.0. The molecular weight excluding hydrogens is 290 g/mol. The second-order valence-corrected chi connectivity index (χ2v) is 6.32. The number of esters is 1. The van der Waals surface area contributed by atoms with Crippen LogP contribution in [0.2, 0.25) is 0 Å². The maximum Gasteiger partial charge on any atom is 0.338 e. The lowest BCUT2D eigenvalue weighted by molar-refractivity contribution is -0.119. The molecule has 0 radical (unpaired) electrons. The van der Waals surface area contributed by atoms with Gasteiger partial charge in [-0.05, 0) is 35.2 Å². The van der Waals surface area contributed by atoms with Gasteiger partial charge in [0.2, 0.25) is 0 Å². The first kappa shape index (κ1) is 16.7. The number of carbonyl (C=O) groups is 2. The minimum atomic E-state index is -0.506. The summed E-state index contributed by atoms with van der Waals surface area (Å²) in [5.74, 6) is -0.871. The highest BCUT2D eigenvalue weighted by molar-refractivity contribution is 5.95. The van der Waals surface area contributed by atoms with E-state index < -0.39 is 5.97 Å². The van der Waals surface area contributed by atoms with E-state index in [0.717, 1.165) is 5.56 Å². The first-order chi connectivity index (χ1) is 10.9. The molecule has 4 heteroatoms. The number of anilines is 1. The van der Waals surface area contributed by atoms with Crippen LogP contribution in [-0.4, -0.2) is 18.5 Å². The number of benzene rings is 2. The molecule has 0 aromatic heterocycles. The number of hydrogen-bond donors (Lipinski definition) is 1. The number of rotatable bonds is 4. The molecule has 0 saturated heterocycles. The fourth-order valence-corrected chi connectivity index (χ4v) is 2.04. The van der Waals surface area contributed by atoms with E-state index in [1.54, 1.807) is 24.3 Å². The number of ether oxygens (including phenoxy) is 1. The van der Waals surface area contributed by atoms with Crippen molar-refractivity contribution < 1.29 is 14.3 Å². The molecule has 0 unspecified atom stereocenters. The number of carbonyl (C=O) groups excluding carboxylic acids is 2. The van der Waals surface area contributed by atoms with Crippen molar-refractivity contribution in [3.05, 3.63) is 65.7 Å². The number of amides is 1. The van der Waals surface area contributed by atoms with Crippen LogP contribution >= 0.6 is 0 Å². The molecule has 2 aromatic carbocycles. The molecule has 0 saturated carbocycles. The Kier molecular flexibility index (Phi) is 5.16. The Morgan fingerprint density at radius 3 is 2.13 bits per heavy atom. The average molecular weight is 311 g/mol. The molecule has 0 atom stereocenters. The molecule has 1 amide bonds. The van der Waals surface area contributed by atoms with Crippen molar-refractivity contribution in [1.82, 2.24) is 0 Å². The van der Waals surface area contributed by atoms with E-state index >= 15 is 0 Å². The minimum Gasteiger partial charge on any atom is -0.452 e. The summed E-state index contributed by atoms with van der Waals surface area (Å²) in [4.78, 5) is 23.7. The third-order valence-corrected chi connectivity index (χ3v) is 3.38. The minimum absolute atomic E-state index is 0.0258. The van der Waals surface area contributed by atoms with Gasteiger partial charge in [-0.3, -0.25) is 4.79 Å². The predicted molar refractivity (Wildman–Crippen MR) is 90.5 cm³/mol. The highest BCUT2D eigenvalue weighted by atomic mass is 16.5. The zero-order valence-electron chi connectivity index (χ0n) is 13.6. The zero-order valence-corrected chi connectivity index (χ0v) is 13.6. The molecule has 0 aliphatic rings. The highest BCUT2D eigenvalue weighted by Gasteiger charge is 2.15. The van der Waals surface area contributed by atoms with Gasteiger partial charge in [0.1, 0.15) is 0 Å². The van der Waals surface area contributed by atoms with E-state index in [0.29, 0.717) is 11.3 Å². The Labute approximate surface area is 136 Å². The van der Waals surface area contributed by atoms with E-state index in [9.17, 15) is 9.59 Å². The van der Waals surface area contributed by atoms with Gasteiger partial charge in [0.25, 0.3) is 5.91 Å². The van der Waals surface area contributed by atoms with Crippen LogP contribution in [0.4, 0.5) is 5.69 Å². The Morgan fingerprint density at radius 1 is 0.957 bits per heavy atom. The van der Waals surface area contributed by atoms with Crippen LogP contribution in [0.25, 0.3) is 0 Å². The van der Waals surface area contributed by atoms with Gasteiger partial charge >= 0.3 is 5.97 Å². The van der Waals surface area contributed by atoms with Gasteiger partial charge in [-0.1, -0.05) is 51.1 Å². The van der Waals surface area contributed by atoms with Gasteiger partial charge in [-0.15, -0.1) is 0 Å². The van der Waals surface area contributed by atoms with Crippen LogP contribution in [-0.2, 0) is 14.9 Å². The Hall–Kier alpha value is -2.62. The summed E-state index contributed by atoms with van der Waals surface area (Å²) in [5.41, 5.74) is 2.27. The van der Waals surface area contributed by atoms with Crippen molar-refractivity contribution in [3.63, 3.8) is 0 Å². The average Bonchev–Trinajstić information content (AvgIpc) is 2.53. The van der Waals surface area contributed by atoms with Crippen molar-refractivity contribution in [3.8, 4) is 0 Å². The van der Waals surface area contributed by atoms with Gasteiger partial charge in [0.15, 0.2) is 6.61 Å². The molecule has 2 aromatic rings. The third kappa shape index (κ3) is 4.95. The molecule has 2 rings (SSSR count). The summed E-state index contributed by atoms with van der Waals surface area (Å²) >= 11 is 0. The summed E-state index contributed by atoms with van der Waals surface area (Å²) in [6, 6.07) is 16.3. The first-order valence-electron chi connectivity index (χ1n) is 7.49. The van der Waals surface area contributed by atoms with Gasteiger partial charge in [-0.25, -0.2) is 4.79 Å². The van der Waals surface area contributed by atoms with Gasteiger partial charge in [0, 0.05) is 5.69 Å². The van der Waals surface area contributed by atoms with Gasteiger partial charge in [-0.2, -0.15) is 0 Å². The van der Waals surface area contributed by atoms with E-state index in [1.807, 2.05) is 30.3 Å². The molecule has 0 aliphatic carbocycles. The van der Waals surface area contributed by atoms with Crippen LogP contribution in [0.3, 0.4) is 0 Å². The standard InChI is InChI=1S/C19H21NO3/c1-19(2,3)15-11-9-14(10-12-15)18(22)23-13-17(21)20-16-7-5-4-6-8-16/h4-12H,13H2,1-3H3,(H,20,21). The second-order valence-electron chi connectivity index (χ2n) is 6.32. The van der Waals surface area contributed by atoms with E-state index in [4.69, 9.17) is 4.74 Å². The van der Waals surface area contributed by atoms with Crippen molar-refractivity contribution in [2.45, 2.75) is 26.2 Å². The molecule has 120 valence electrons. The topological polar surface area (TPSA) is 55.4 Å². The van der Waals surface area contributed by atoms with Crippen LogP contribution in [0.5, 0.6) is 0 Å². The van der Waals surface area contributed by atoms with Crippen molar-refractivity contribution in [1.29, 1.82) is 0 Å². The lowest BCUT2D eigenvalue weighted by Gasteiger charge is -2.18. The number of para-hydroxylation sites is 1. The maximum absolute atomic E-state index is 12.0. The molecule has 23 heavy (non-hydrogen) atoms. The molecular formula is C19H21NO3. The Bertz CT molecular complexity index is 670. The number of hydrogen-bond acceptors (Lipinski definition) is 3. The number of nitrogens with one attached hydrogen (secondary N) is 1. The lowest BCUT2D eigenvalue weighted by Crippen LogP contribution is -2.21. The van der Waals surface area contributed by atoms with Crippen molar-refractivity contribution in [2.75, 3.05) is 11.9 Å². The highest BCUT2D eigenvalue weighted by Crippen LogP contribution is 2.22. The summed E-state index contributed by atoms with van der Waals surface area (Å²) in [6.07, 6.45) is 0. The molecule has 0 bridgehead atoms. The SMILES string of the molecule is CC(C)(C)c1ccc(C(=O)OCC(=O)Nc2ccccc2)cc1. The molecule has 0 spiro atoms. The fraction of sp³-hybridized carbons (Fsp3) is 0.263. The monoisotopic (exact) mass is 311 g/mol. The predicted octanol–water partition coefficient (Wildman–Crippen LogP) is 3.78. The zero-order chi connectivity index (χ0) is 16.9. The first-order valence-corrected chi connectivity index (χ1v) is 7.49. The summed E-state index contributed by atoms with van der Waals surface area (Å²) < 4.78 is 5.04. The van der Waals surface area contributed by atoms with Crippen molar-refractivity contribution >= 4 is 17.6 Å². The van der Waals surface area contributed by atoms with Gasteiger partial charge < -0.3 is 10.1 Å². The Balaban J connectivity index is 1.88. The fourth-order valence-electron chi connectivity index (χ4n) is 2.04. The summed E-state index contributed by atoms with van der Waals surface area (Å²) in [6.45, 7) is 6.01. The lowest BCUT2D eigenvalue weighted by atomic mass is 9.87. The van der Waals surface area contributed by atoms with E-state index in [-0.39, 0.29) is 17.9 Å². The largest absolute Gasteiger partial charge is 0.452 e. The normalized spacial score (nSPS) is 10.9. The van der Waals surface area contributed by atoms with E-state index in [2.05, 4.69) is 26.1 Å². The van der Waals surface area contributed by atoms with Crippen LogP contribution in [0, 0.1) is 0 Å². The van der Waals surface area contributed by atoms with Crippen LogP contribution in [0.15, 0.2) is 54.6 Å². The Morgan fingerprint density at radius 2 is 1.57 bits per heavy atom. The second kappa shape index (κ2) is 7.09. The molecule has 0 aliphatic heterocycles. The third-order valence-electron chi connectivity index (χ3n) is 3.38. The molecule has 4 nitrogen and oxygen atoms in total. The van der Waals surface area contributed by atoms with Gasteiger partial charge in [0.05, 0.1) is 5.56 Å². The van der Waals surface area contributed by atoms with E-state index in [1.165, 1.54) is 0 Å².